The highest BCUT2D eigenvalue weighted by atomic mass is 32.2. The van der Waals surface area contributed by atoms with E-state index in [-0.39, 0.29) is 17.4 Å². The van der Waals surface area contributed by atoms with Gasteiger partial charge < -0.3 is 4.74 Å². The van der Waals surface area contributed by atoms with E-state index in [1.807, 2.05) is 37.3 Å². The molecule has 0 N–H and O–H groups in total. The molecule has 122 valence electrons. The maximum absolute atomic E-state index is 12.9. The minimum Gasteiger partial charge on any atom is -0.486 e. The van der Waals surface area contributed by atoms with E-state index in [1.54, 1.807) is 0 Å². The van der Waals surface area contributed by atoms with Crippen molar-refractivity contribution in [1.29, 1.82) is 5.26 Å². The highest BCUT2D eigenvalue weighted by Gasteiger charge is 2.14. The van der Waals surface area contributed by atoms with Crippen LogP contribution in [0.5, 0.6) is 0 Å². The SMILES string of the molecule is CCO/C(SCC(=O)c1ccc(F)cc1)=C(/C#N)c1ccccc1. The quantitative estimate of drug-likeness (QED) is 0.417. The Hall–Kier alpha value is -2.58. The highest BCUT2D eigenvalue weighted by molar-refractivity contribution is 8.03. The molecule has 0 saturated heterocycles. The van der Waals surface area contributed by atoms with Gasteiger partial charge in [0.05, 0.1) is 12.4 Å². The number of rotatable bonds is 7. The Bertz CT molecular complexity index is 764. The van der Waals surface area contributed by atoms with Crippen molar-refractivity contribution in [1.82, 2.24) is 0 Å². The second kappa shape index (κ2) is 8.90. The Morgan fingerprint density at radius 1 is 1.12 bits per heavy atom. The Kier molecular flexibility index (Phi) is 6.59. The number of thioether (sulfide) groups is 1. The standard InChI is InChI=1S/C19H16FNO2S/c1-2-23-19(17(12-21)14-6-4-3-5-7-14)24-13-18(22)15-8-10-16(20)11-9-15/h3-11H,2,13H2,1H3/b19-17+. The first-order chi connectivity index (χ1) is 11.7. The number of ether oxygens (including phenoxy) is 1. The van der Waals surface area contributed by atoms with Crippen molar-refractivity contribution >= 4 is 23.1 Å². The molecule has 2 rings (SSSR count). The molecule has 24 heavy (non-hydrogen) atoms. The summed E-state index contributed by atoms with van der Waals surface area (Å²) in [6, 6.07) is 16.7. The smallest absolute Gasteiger partial charge is 0.173 e. The van der Waals surface area contributed by atoms with Gasteiger partial charge in [-0.3, -0.25) is 4.79 Å². The molecule has 0 spiro atoms. The molecule has 0 bridgehead atoms. The summed E-state index contributed by atoms with van der Waals surface area (Å²) in [6.45, 7) is 2.22. The van der Waals surface area contributed by atoms with Crippen LogP contribution in [0.2, 0.25) is 0 Å². The molecular weight excluding hydrogens is 325 g/mol. The van der Waals surface area contributed by atoms with E-state index in [2.05, 4.69) is 6.07 Å². The van der Waals surface area contributed by atoms with Crippen LogP contribution in [-0.2, 0) is 4.74 Å². The van der Waals surface area contributed by atoms with Crippen molar-refractivity contribution in [2.24, 2.45) is 0 Å². The highest BCUT2D eigenvalue weighted by Crippen LogP contribution is 2.28. The zero-order chi connectivity index (χ0) is 17.4. The van der Waals surface area contributed by atoms with E-state index in [1.165, 1.54) is 36.0 Å². The van der Waals surface area contributed by atoms with Crippen LogP contribution in [0, 0.1) is 17.1 Å². The Labute approximate surface area is 144 Å². The third-order valence-corrected chi connectivity index (χ3v) is 4.15. The van der Waals surface area contributed by atoms with Crippen molar-refractivity contribution in [3.8, 4) is 6.07 Å². The number of carbonyl (C=O) groups excluding carboxylic acids is 1. The lowest BCUT2D eigenvalue weighted by Gasteiger charge is -2.11. The van der Waals surface area contributed by atoms with Crippen LogP contribution in [-0.4, -0.2) is 18.1 Å². The molecule has 3 nitrogen and oxygen atoms in total. The van der Waals surface area contributed by atoms with Gasteiger partial charge in [-0.25, -0.2) is 4.39 Å². The van der Waals surface area contributed by atoms with Crippen molar-refractivity contribution in [2.45, 2.75) is 6.92 Å². The summed E-state index contributed by atoms with van der Waals surface area (Å²) in [7, 11) is 0. The van der Waals surface area contributed by atoms with E-state index >= 15 is 0 Å². The average molecular weight is 341 g/mol. The van der Waals surface area contributed by atoms with Gasteiger partial charge in [-0.15, -0.1) is 0 Å². The minimum absolute atomic E-state index is 0.110. The molecule has 2 aromatic rings. The molecule has 0 aliphatic carbocycles. The third-order valence-electron chi connectivity index (χ3n) is 3.15. The Balaban J connectivity index is 2.19. The van der Waals surface area contributed by atoms with Crippen LogP contribution in [0.25, 0.3) is 5.57 Å². The molecular formula is C19H16FNO2S. The second-order valence-electron chi connectivity index (χ2n) is 4.79. The fraction of sp³-hybridized carbons (Fsp3) is 0.158. The average Bonchev–Trinajstić information content (AvgIpc) is 2.61. The van der Waals surface area contributed by atoms with E-state index < -0.39 is 0 Å². The number of Topliss-reactive ketones (excluding diaryl/α,β-unsaturated/α-hetero) is 1. The second-order valence-corrected chi connectivity index (χ2v) is 5.74. The number of hydrogen-bond acceptors (Lipinski definition) is 4. The maximum atomic E-state index is 12.9. The van der Waals surface area contributed by atoms with Crippen LogP contribution in [0.1, 0.15) is 22.8 Å². The van der Waals surface area contributed by atoms with Crippen LogP contribution in [0.3, 0.4) is 0 Å². The van der Waals surface area contributed by atoms with E-state index in [9.17, 15) is 14.4 Å². The third kappa shape index (κ3) is 4.71. The molecule has 0 amide bonds. The number of nitrogens with zero attached hydrogens (tertiary/aromatic N) is 1. The van der Waals surface area contributed by atoms with Crippen LogP contribution < -0.4 is 0 Å². The number of carbonyl (C=O) groups is 1. The van der Waals surface area contributed by atoms with Gasteiger partial charge >= 0.3 is 0 Å². The first-order valence-corrected chi connectivity index (χ1v) is 8.38. The van der Waals surface area contributed by atoms with Crippen molar-refractivity contribution in [3.05, 3.63) is 76.6 Å². The predicted octanol–water partition coefficient (Wildman–Crippen LogP) is 4.67. The van der Waals surface area contributed by atoms with Crippen molar-refractivity contribution in [3.63, 3.8) is 0 Å². The topological polar surface area (TPSA) is 50.1 Å². The molecule has 2 aromatic carbocycles. The normalized spacial score (nSPS) is 11.4. The lowest BCUT2D eigenvalue weighted by molar-refractivity contribution is 0.102. The summed E-state index contributed by atoms with van der Waals surface area (Å²) in [6.07, 6.45) is 0. The van der Waals surface area contributed by atoms with Gasteiger partial charge in [-0.1, -0.05) is 42.1 Å². The molecule has 0 aliphatic rings. The number of halogens is 1. The Morgan fingerprint density at radius 3 is 2.38 bits per heavy atom. The molecule has 0 saturated carbocycles. The molecule has 0 heterocycles. The number of nitriles is 1. The maximum Gasteiger partial charge on any atom is 0.173 e. The number of ketones is 1. The summed E-state index contributed by atoms with van der Waals surface area (Å²) < 4.78 is 18.5. The summed E-state index contributed by atoms with van der Waals surface area (Å²) in [5.41, 5.74) is 1.57. The fourth-order valence-corrected chi connectivity index (χ4v) is 2.94. The Morgan fingerprint density at radius 2 is 1.79 bits per heavy atom. The lowest BCUT2D eigenvalue weighted by atomic mass is 10.1. The van der Waals surface area contributed by atoms with Crippen LogP contribution in [0.15, 0.2) is 59.7 Å². The predicted molar refractivity (Wildman–Crippen MR) is 93.8 cm³/mol. The molecule has 0 radical (unpaired) electrons. The molecule has 0 atom stereocenters. The molecule has 0 unspecified atom stereocenters. The molecule has 0 fully saturated rings. The van der Waals surface area contributed by atoms with Gasteiger partial charge in [0, 0.05) is 5.56 Å². The first-order valence-electron chi connectivity index (χ1n) is 7.40. The number of benzene rings is 2. The monoisotopic (exact) mass is 341 g/mol. The van der Waals surface area contributed by atoms with Gasteiger partial charge in [0.15, 0.2) is 10.9 Å². The minimum atomic E-state index is -0.384. The lowest BCUT2D eigenvalue weighted by Crippen LogP contribution is -2.04. The van der Waals surface area contributed by atoms with Gasteiger partial charge in [-0.05, 0) is 36.8 Å². The molecule has 0 aromatic heterocycles. The molecule has 0 aliphatic heterocycles. The van der Waals surface area contributed by atoms with E-state index in [4.69, 9.17) is 4.74 Å². The van der Waals surface area contributed by atoms with Gasteiger partial charge in [0.1, 0.15) is 17.5 Å². The van der Waals surface area contributed by atoms with Crippen LogP contribution >= 0.6 is 11.8 Å². The number of hydrogen-bond donors (Lipinski definition) is 0. The summed E-state index contributed by atoms with van der Waals surface area (Å²) in [5.74, 6) is -0.425. The zero-order valence-corrected chi connectivity index (χ0v) is 14.0. The fourth-order valence-electron chi connectivity index (χ4n) is 2.00. The zero-order valence-electron chi connectivity index (χ0n) is 13.2. The largest absolute Gasteiger partial charge is 0.486 e. The van der Waals surface area contributed by atoms with Gasteiger partial charge in [0.2, 0.25) is 0 Å². The van der Waals surface area contributed by atoms with Crippen LogP contribution in [0.4, 0.5) is 4.39 Å². The summed E-state index contributed by atoms with van der Waals surface area (Å²) in [5, 5.41) is 9.88. The number of allylic oxidation sites excluding steroid dienone is 1. The summed E-state index contributed by atoms with van der Waals surface area (Å²) >= 11 is 1.17. The van der Waals surface area contributed by atoms with E-state index in [0.29, 0.717) is 22.8 Å². The summed E-state index contributed by atoms with van der Waals surface area (Å²) in [4.78, 5) is 12.2. The van der Waals surface area contributed by atoms with Gasteiger partial charge in [-0.2, -0.15) is 5.26 Å². The van der Waals surface area contributed by atoms with Crippen molar-refractivity contribution in [2.75, 3.05) is 12.4 Å². The first kappa shape index (κ1) is 17.8. The van der Waals surface area contributed by atoms with Crippen molar-refractivity contribution < 1.29 is 13.9 Å². The van der Waals surface area contributed by atoms with E-state index in [0.717, 1.165) is 5.56 Å². The van der Waals surface area contributed by atoms with Gasteiger partial charge in [0.25, 0.3) is 0 Å². The molecule has 5 heteroatoms.